The second-order valence-corrected chi connectivity index (χ2v) is 12.0. The normalized spacial score (nSPS) is 26.0. The number of amides is 2. The highest BCUT2D eigenvalue weighted by atomic mass is 16.2. The molecular weight excluding hydrogens is 450 g/mol. The van der Waals surface area contributed by atoms with Gasteiger partial charge in [0.25, 0.3) is 5.91 Å². The predicted octanol–water partition coefficient (Wildman–Crippen LogP) is 3.07. The zero-order valence-corrected chi connectivity index (χ0v) is 21.7. The van der Waals surface area contributed by atoms with Crippen molar-refractivity contribution >= 4 is 11.8 Å². The Kier molecular flexibility index (Phi) is 5.67. The van der Waals surface area contributed by atoms with E-state index in [9.17, 15) is 9.59 Å². The fraction of sp³-hybridized carbons (Fsp3) is 0.586. The SMILES string of the molecule is Cc1ncnc(C)c1C(=O)N1CC2CN(CCC3(c4ccccc4)CN(C(=O)C4(C)CC4)C3)CC2C1. The lowest BCUT2D eigenvalue weighted by atomic mass is 9.70. The lowest BCUT2D eigenvalue weighted by molar-refractivity contribution is -0.144. The van der Waals surface area contributed by atoms with Gasteiger partial charge in [-0.2, -0.15) is 0 Å². The smallest absolute Gasteiger partial charge is 0.257 e. The van der Waals surface area contributed by atoms with Crippen LogP contribution in [0.5, 0.6) is 0 Å². The van der Waals surface area contributed by atoms with Gasteiger partial charge in [-0.3, -0.25) is 9.59 Å². The monoisotopic (exact) mass is 487 g/mol. The maximum Gasteiger partial charge on any atom is 0.257 e. The molecule has 4 fully saturated rings. The van der Waals surface area contributed by atoms with Gasteiger partial charge in [-0.1, -0.05) is 37.3 Å². The van der Waals surface area contributed by atoms with Crippen LogP contribution in [-0.4, -0.2) is 82.3 Å². The van der Waals surface area contributed by atoms with Gasteiger partial charge in [0.1, 0.15) is 6.33 Å². The lowest BCUT2D eigenvalue weighted by Gasteiger charge is -2.52. The van der Waals surface area contributed by atoms with Gasteiger partial charge in [0.05, 0.1) is 17.0 Å². The van der Waals surface area contributed by atoms with Crippen LogP contribution in [0.25, 0.3) is 0 Å². The van der Waals surface area contributed by atoms with E-state index in [-0.39, 0.29) is 16.7 Å². The molecule has 3 saturated heterocycles. The van der Waals surface area contributed by atoms with Gasteiger partial charge in [0.2, 0.25) is 5.91 Å². The van der Waals surface area contributed by atoms with Crippen LogP contribution < -0.4 is 0 Å². The summed E-state index contributed by atoms with van der Waals surface area (Å²) in [6.45, 7) is 12.3. The molecule has 6 rings (SSSR count). The lowest BCUT2D eigenvalue weighted by Crippen LogP contribution is -2.63. The van der Waals surface area contributed by atoms with Crippen molar-refractivity contribution in [3.05, 3.63) is 59.2 Å². The molecule has 2 aromatic rings. The average Bonchev–Trinajstić information content (AvgIpc) is 3.29. The summed E-state index contributed by atoms with van der Waals surface area (Å²) in [5.74, 6) is 1.49. The largest absolute Gasteiger partial charge is 0.340 e. The number of fused-ring (bicyclic) bond motifs is 1. The summed E-state index contributed by atoms with van der Waals surface area (Å²) in [6.07, 6.45) is 4.67. The van der Waals surface area contributed by atoms with E-state index in [1.165, 1.54) is 11.9 Å². The highest BCUT2D eigenvalue weighted by Crippen LogP contribution is 2.49. The number of hydrogen-bond acceptors (Lipinski definition) is 5. The number of carbonyl (C=O) groups excluding carboxylic acids is 2. The van der Waals surface area contributed by atoms with Crippen molar-refractivity contribution in [1.29, 1.82) is 0 Å². The molecule has 4 heterocycles. The number of benzene rings is 1. The predicted molar refractivity (Wildman–Crippen MR) is 137 cm³/mol. The van der Waals surface area contributed by atoms with E-state index in [1.807, 2.05) is 18.7 Å². The van der Waals surface area contributed by atoms with E-state index in [4.69, 9.17) is 0 Å². The molecule has 1 saturated carbocycles. The molecule has 1 aliphatic carbocycles. The van der Waals surface area contributed by atoms with Crippen LogP contribution in [0.1, 0.15) is 53.5 Å². The van der Waals surface area contributed by atoms with Crippen LogP contribution in [0.3, 0.4) is 0 Å². The summed E-state index contributed by atoms with van der Waals surface area (Å²) >= 11 is 0. The Bertz CT molecular complexity index is 1140. The summed E-state index contributed by atoms with van der Waals surface area (Å²) in [5.41, 5.74) is 3.53. The summed E-state index contributed by atoms with van der Waals surface area (Å²) in [7, 11) is 0. The van der Waals surface area contributed by atoms with Crippen molar-refractivity contribution < 1.29 is 9.59 Å². The quantitative estimate of drug-likeness (QED) is 0.626. The van der Waals surface area contributed by atoms with Crippen molar-refractivity contribution in [3.8, 4) is 0 Å². The Morgan fingerprint density at radius 3 is 2.11 bits per heavy atom. The molecule has 2 unspecified atom stereocenters. The number of hydrogen-bond donors (Lipinski definition) is 0. The minimum atomic E-state index is -0.0957. The molecule has 7 heteroatoms. The molecule has 0 radical (unpaired) electrons. The Hall–Kier alpha value is -2.80. The minimum absolute atomic E-state index is 0.0598. The Labute approximate surface area is 213 Å². The molecule has 36 heavy (non-hydrogen) atoms. The van der Waals surface area contributed by atoms with Gasteiger partial charge in [-0.15, -0.1) is 0 Å². The standard InChI is InChI=1S/C29H37N5O2/c1-20-25(21(2)31-19-30-20)26(35)33-15-22-13-32(14-23(22)16-33)12-11-29(24-7-5-4-6-8-24)17-34(18-29)27(36)28(3)9-10-28/h4-8,19,22-23H,9-18H2,1-3H3. The van der Waals surface area contributed by atoms with E-state index < -0.39 is 0 Å². The number of likely N-dealkylation sites (tertiary alicyclic amines) is 3. The molecule has 3 aliphatic heterocycles. The topological polar surface area (TPSA) is 69.6 Å². The summed E-state index contributed by atoms with van der Waals surface area (Å²) < 4.78 is 0. The Balaban J connectivity index is 1.07. The van der Waals surface area contributed by atoms with Gasteiger partial charge in [0.15, 0.2) is 0 Å². The maximum atomic E-state index is 13.2. The highest BCUT2D eigenvalue weighted by Gasteiger charge is 2.54. The van der Waals surface area contributed by atoms with Crippen molar-refractivity contribution in [1.82, 2.24) is 24.7 Å². The van der Waals surface area contributed by atoms with Crippen molar-refractivity contribution in [2.75, 3.05) is 45.8 Å². The summed E-state index contributed by atoms with van der Waals surface area (Å²) in [6, 6.07) is 10.8. The first-order chi connectivity index (χ1) is 17.3. The Morgan fingerprint density at radius 1 is 0.917 bits per heavy atom. The van der Waals surface area contributed by atoms with Crippen LogP contribution in [0.15, 0.2) is 36.7 Å². The summed E-state index contributed by atoms with van der Waals surface area (Å²) in [4.78, 5) is 41.3. The second kappa shape index (κ2) is 8.65. The van der Waals surface area contributed by atoms with Crippen LogP contribution in [-0.2, 0) is 10.2 Å². The van der Waals surface area contributed by atoms with E-state index in [0.717, 1.165) is 76.5 Å². The molecule has 2 atom stereocenters. The number of carbonyl (C=O) groups is 2. The number of aryl methyl sites for hydroxylation is 2. The third-order valence-corrected chi connectivity index (χ3v) is 9.37. The van der Waals surface area contributed by atoms with E-state index in [0.29, 0.717) is 23.3 Å². The number of aromatic nitrogens is 2. The summed E-state index contributed by atoms with van der Waals surface area (Å²) in [5, 5.41) is 0. The zero-order chi connectivity index (χ0) is 25.1. The van der Waals surface area contributed by atoms with Crippen LogP contribution in [0.2, 0.25) is 0 Å². The fourth-order valence-electron chi connectivity index (χ4n) is 6.76. The van der Waals surface area contributed by atoms with Crippen LogP contribution in [0.4, 0.5) is 0 Å². The van der Waals surface area contributed by atoms with Gasteiger partial charge < -0.3 is 14.7 Å². The molecule has 4 aliphatic rings. The fourth-order valence-corrected chi connectivity index (χ4v) is 6.76. The molecule has 0 spiro atoms. The van der Waals surface area contributed by atoms with Crippen molar-refractivity contribution in [2.24, 2.45) is 17.3 Å². The zero-order valence-electron chi connectivity index (χ0n) is 21.7. The second-order valence-electron chi connectivity index (χ2n) is 12.0. The third kappa shape index (κ3) is 4.01. The first kappa shape index (κ1) is 23.6. The Morgan fingerprint density at radius 2 is 1.53 bits per heavy atom. The van der Waals surface area contributed by atoms with E-state index in [2.05, 4.69) is 57.0 Å². The molecular formula is C29H37N5O2. The molecule has 1 aromatic carbocycles. The van der Waals surface area contributed by atoms with Gasteiger partial charge in [0, 0.05) is 50.1 Å². The third-order valence-electron chi connectivity index (χ3n) is 9.37. The van der Waals surface area contributed by atoms with Crippen LogP contribution >= 0.6 is 0 Å². The molecule has 2 amide bonds. The highest BCUT2D eigenvalue weighted by molar-refractivity contribution is 5.96. The average molecular weight is 488 g/mol. The van der Waals surface area contributed by atoms with Gasteiger partial charge in [-0.05, 0) is 57.1 Å². The van der Waals surface area contributed by atoms with Crippen LogP contribution in [0, 0.1) is 31.1 Å². The molecule has 190 valence electrons. The first-order valence-electron chi connectivity index (χ1n) is 13.4. The maximum absolute atomic E-state index is 13.2. The number of nitrogens with zero attached hydrogens (tertiary/aromatic N) is 5. The molecule has 0 N–H and O–H groups in total. The minimum Gasteiger partial charge on any atom is -0.340 e. The van der Waals surface area contributed by atoms with Crippen molar-refractivity contribution in [2.45, 2.75) is 45.4 Å². The molecule has 0 bridgehead atoms. The van der Waals surface area contributed by atoms with Crippen molar-refractivity contribution in [3.63, 3.8) is 0 Å². The van der Waals surface area contributed by atoms with Gasteiger partial charge in [-0.25, -0.2) is 9.97 Å². The van der Waals surface area contributed by atoms with E-state index in [1.54, 1.807) is 0 Å². The van der Waals surface area contributed by atoms with E-state index >= 15 is 0 Å². The molecule has 7 nitrogen and oxygen atoms in total. The molecule has 1 aromatic heterocycles. The van der Waals surface area contributed by atoms with Gasteiger partial charge >= 0.3 is 0 Å². The number of rotatable bonds is 6. The first-order valence-corrected chi connectivity index (χ1v) is 13.4.